The molecule has 0 radical (unpaired) electrons. The molecule has 8 heteroatoms. The van der Waals surface area contributed by atoms with Gasteiger partial charge in [-0.3, -0.25) is 9.36 Å². The fraction of sp³-hybridized carbons (Fsp3) is 0.0370. The van der Waals surface area contributed by atoms with Gasteiger partial charge in [-0.2, -0.15) is 0 Å². The van der Waals surface area contributed by atoms with Gasteiger partial charge >= 0.3 is 0 Å². The van der Waals surface area contributed by atoms with Crippen LogP contribution >= 0.6 is 0 Å². The summed E-state index contributed by atoms with van der Waals surface area (Å²) in [7, 11) is 0. The van der Waals surface area contributed by atoms with Crippen molar-refractivity contribution in [2.45, 2.75) is 6.92 Å². The van der Waals surface area contributed by atoms with E-state index in [9.17, 15) is 4.79 Å². The van der Waals surface area contributed by atoms with Crippen molar-refractivity contribution in [2.24, 2.45) is 0 Å². The summed E-state index contributed by atoms with van der Waals surface area (Å²) in [6.07, 6.45) is 3.52. The third-order valence-electron chi connectivity index (χ3n) is 5.13. The largest absolute Gasteiger partial charge is 0.457 e. The highest BCUT2D eigenvalue weighted by Gasteiger charge is 2.08. The van der Waals surface area contributed by atoms with E-state index in [2.05, 4.69) is 20.5 Å². The van der Waals surface area contributed by atoms with Crippen LogP contribution in [0.2, 0.25) is 0 Å². The summed E-state index contributed by atoms with van der Waals surface area (Å²) in [5.74, 6) is 3.59. The first-order valence-corrected chi connectivity index (χ1v) is 10.9. The van der Waals surface area contributed by atoms with Crippen molar-refractivity contribution in [1.82, 2.24) is 19.7 Å². The van der Waals surface area contributed by atoms with E-state index in [-0.39, 0.29) is 5.91 Å². The van der Waals surface area contributed by atoms with Gasteiger partial charge in [0.05, 0.1) is 0 Å². The van der Waals surface area contributed by atoms with Crippen LogP contribution < -0.4 is 14.8 Å². The molecule has 35 heavy (non-hydrogen) atoms. The van der Waals surface area contributed by atoms with Crippen LogP contribution in [0.15, 0.2) is 103 Å². The summed E-state index contributed by atoms with van der Waals surface area (Å²) in [6, 6.07) is 27.0. The number of ether oxygens (including phenoxy) is 2. The number of rotatable bonds is 7. The van der Waals surface area contributed by atoms with Crippen LogP contribution in [0.1, 0.15) is 16.2 Å². The van der Waals surface area contributed by atoms with Gasteiger partial charge in [0, 0.05) is 29.7 Å². The van der Waals surface area contributed by atoms with E-state index in [4.69, 9.17) is 9.47 Å². The number of amides is 1. The zero-order chi connectivity index (χ0) is 24.0. The van der Waals surface area contributed by atoms with Gasteiger partial charge in [-0.05, 0) is 73.7 Å². The van der Waals surface area contributed by atoms with Crippen molar-refractivity contribution in [3.63, 3.8) is 0 Å². The normalized spacial score (nSPS) is 10.5. The maximum absolute atomic E-state index is 12.6. The number of carbonyl (C=O) groups is 1. The SMILES string of the molecule is Cc1nccn1-c1ccc(Oc2ccc(NC(=O)c3ccc(Oc4ccccc4)cc3)cc2)nn1. The fourth-order valence-corrected chi connectivity index (χ4v) is 3.35. The standard InChI is InChI=1S/C27H21N5O3/c1-19-28-17-18-32(19)25-15-16-26(31-30-25)35-24-13-9-21(10-14-24)29-27(33)20-7-11-23(12-8-20)34-22-5-3-2-4-6-22/h2-18H,1H3,(H,29,33). The Kier molecular flexibility index (Phi) is 6.17. The highest BCUT2D eigenvalue weighted by atomic mass is 16.5. The molecule has 172 valence electrons. The van der Waals surface area contributed by atoms with Gasteiger partial charge in [-0.25, -0.2) is 4.98 Å². The van der Waals surface area contributed by atoms with Gasteiger partial charge < -0.3 is 14.8 Å². The van der Waals surface area contributed by atoms with Crippen molar-refractivity contribution in [3.05, 3.63) is 115 Å². The number of benzene rings is 3. The van der Waals surface area contributed by atoms with Crippen molar-refractivity contribution < 1.29 is 14.3 Å². The molecule has 2 heterocycles. The lowest BCUT2D eigenvalue weighted by molar-refractivity contribution is 0.102. The Balaban J connectivity index is 1.17. The summed E-state index contributed by atoms with van der Waals surface area (Å²) in [5, 5.41) is 11.2. The molecule has 3 aromatic carbocycles. The number of carbonyl (C=O) groups excluding carboxylic acids is 1. The summed E-state index contributed by atoms with van der Waals surface area (Å²) in [6.45, 7) is 1.89. The summed E-state index contributed by atoms with van der Waals surface area (Å²) < 4.78 is 13.4. The minimum Gasteiger partial charge on any atom is -0.457 e. The number of para-hydroxylation sites is 1. The van der Waals surface area contributed by atoms with Gasteiger partial charge in [0.15, 0.2) is 5.82 Å². The summed E-state index contributed by atoms with van der Waals surface area (Å²) in [5.41, 5.74) is 1.17. The molecule has 1 N–H and O–H groups in total. The second-order valence-corrected chi connectivity index (χ2v) is 7.59. The average Bonchev–Trinajstić information content (AvgIpc) is 3.32. The molecule has 2 aromatic heterocycles. The monoisotopic (exact) mass is 463 g/mol. The minimum atomic E-state index is -0.221. The lowest BCUT2D eigenvalue weighted by Gasteiger charge is -2.09. The van der Waals surface area contributed by atoms with E-state index < -0.39 is 0 Å². The minimum absolute atomic E-state index is 0.221. The molecule has 5 aromatic rings. The molecule has 0 spiro atoms. The Labute approximate surface area is 201 Å². The number of nitrogens with one attached hydrogen (secondary N) is 1. The lowest BCUT2D eigenvalue weighted by Crippen LogP contribution is -2.11. The Hall–Kier alpha value is -4.98. The maximum atomic E-state index is 12.6. The van der Waals surface area contributed by atoms with Gasteiger partial charge in [-0.1, -0.05) is 18.2 Å². The van der Waals surface area contributed by atoms with Gasteiger partial charge in [0.25, 0.3) is 5.91 Å². The molecule has 0 saturated heterocycles. The van der Waals surface area contributed by atoms with Crippen LogP contribution in [-0.2, 0) is 0 Å². The molecule has 5 rings (SSSR count). The molecule has 0 fully saturated rings. The fourth-order valence-electron chi connectivity index (χ4n) is 3.35. The second-order valence-electron chi connectivity index (χ2n) is 7.59. The Morgan fingerprint density at radius 1 is 0.771 bits per heavy atom. The van der Waals surface area contributed by atoms with Crippen molar-refractivity contribution >= 4 is 11.6 Å². The first-order valence-electron chi connectivity index (χ1n) is 10.9. The van der Waals surface area contributed by atoms with Crippen molar-refractivity contribution in [2.75, 3.05) is 5.32 Å². The number of aryl methyl sites for hydroxylation is 1. The molecule has 1 amide bonds. The smallest absolute Gasteiger partial charge is 0.255 e. The first-order chi connectivity index (χ1) is 17.1. The van der Waals surface area contributed by atoms with Gasteiger partial charge in [0.1, 0.15) is 23.1 Å². The zero-order valence-electron chi connectivity index (χ0n) is 18.8. The Morgan fingerprint density at radius 3 is 2.11 bits per heavy atom. The molecule has 0 bridgehead atoms. The second kappa shape index (κ2) is 9.88. The molecule has 0 aliphatic heterocycles. The number of aromatic nitrogens is 4. The molecule has 0 atom stereocenters. The van der Waals surface area contributed by atoms with Crippen LogP contribution in [0.4, 0.5) is 5.69 Å². The van der Waals surface area contributed by atoms with Crippen LogP contribution in [0.5, 0.6) is 23.1 Å². The molecular formula is C27H21N5O3. The van der Waals surface area contributed by atoms with Crippen LogP contribution in [0, 0.1) is 6.92 Å². The van der Waals surface area contributed by atoms with E-state index in [0.29, 0.717) is 34.4 Å². The molecule has 0 saturated carbocycles. The quantitative estimate of drug-likeness (QED) is 0.328. The number of hydrogen-bond acceptors (Lipinski definition) is 6. The predicted molar refractivity (Wildman–Crippen MR) is 131 cm³/mol. The van der Waals surface area contributed by atoms with E-state index in [1.54, 1.807) is 60.8 Å². The lowest BCUT2D eigenvalue weighted by atomic mass is 10.2. The number of nitrogens with zero attached hydrogens (tertiary/aromatic N) is 4. The van der Waals surface area contributed by atoms with Crippen LogP contribution in [0.25, 0.3) is 5.82 Å². The highest BCUT2D eigenvalue weighted by Crippen LogP contribution is 2.24. The third kappa shape index (κ3) is 5.33. The number of imidazole rings is 1. The van der Waals surface area contributed by atoms with E-state index in [1.165, 1.54) is 0 Å². The average molecular weight is 463 g/mol. The molecule has 0 aliphatic carbocycles. The zero-order valence-corrected chi connectivity index (χ0v) is 18.8. The first kappa shape index (κ1) is 21.8. The predicted octanol–water partition coefficient (Wildman–Crippen LogP) is 5.81. The van der Waals surface area contributed by atoms with E-state index in [1.807, 2.05) is 54.1 Å². The Morgan fingerprint density at radius 2 is 1.46 bits per heavy atom. The third-order valence-corrected chi connectivity index (χ3v) is 5.13. The highest BCUT2D eigenvalue weighted by molar-refractivity contribution is 6.04. The number of anilines is 1. The maximum Gasteiger partial charge on any atom is 0.255 e. The van der Waals surface area contributed by atoms with Crippen molar-refractivity contribution in [3.8, 4) is 28.9 Å². The number of hydrogen-bond donors (Lipinski definition) is 1. The van der Waals surface area contributed by atoms with Gasteiger partial charge in [-0.15, -0.1) is 10.2 Å². The molecular weight excluding hydrogens is 442 g/mol. The van der Waals surface area contributed by atoms with E-state index >= 15 is 0 Å². The molecule has 0 unspecified atom stereocenters. The summed E-state index contributed by atoms with van der Waals surface area (Å²) in [4.78, 5) is 16.8. The van der Waals surface area contributed by atoms with Crippen LogP contribution in [0.3, 0.4) is 0 Å². The molecule has 0 aliphatic rings. The topological polar surface area (TPSA) is 91.2 Å². The van der Waals surface area contributed by atoms with E-state index in [0.717, 1.165) is 11.6 Å². The van der Waals surface area contributed by atoms with Crippen LogP contribution in [-0.4, -0.2) is 25.7 Å². The Bertz CT molecular complexity index is 1410. The summed E-state index contributed by atoms with van der Waals surface area (Å²) >= 11 is 0. The van der Waals surface area contributed by atoms with Crippen molar-refractivity contribution in [1.29, 1.82) is 0 Å². The van der Waals surface area contributed by atoms with Gasteiger partial charge in [0.2, 0.25) is 5.88 Å². The molecule has 8 nitrogen and oxygen atoms in total.